The van der Waals surface area contributed by atoms with Crippen LogP contribution >= 0.6 is 0 Å². The highest BCUT2D eigenvalue weighted by Crippen LogP contribution is 1.91. The molecule has 1 aliphatic heterocycles. The van der Waals surface area contributed by atoms with Crippen LogP contribution in [-0.2, 0) is 15.0 Å². The lowest BCUT2D eigenvalue weighted by Gasteiger charge is -1.81. The summed E-state index contributed by atoms with van der Waals surface area (Å²) >= 11 is 0. The van der Waals surface area contributed by atoms with Crippen LogP contribution in [0.25, 0.3) is 0 Å². The molecule has 0 amide bonds. The first-order chi connectivity index (χ1) is 3.80. The Morgan fingerprint density at radius 2 is 2.38 bits per heavy atom. The van der Waals surface area contributed by atoms with Gasteiger partial charge in [0.05, 0.1) is 6.61 Å². The molecule has 0 aromatic rings. The lowest BCUT2D eigenvalue weighted by molar-refractivity contribution is 0.374. The molecule has 0 saturated heterocycles. The fourth-order valence-corrected chi connectivity index (χ4v) is 0.798. The number of rotatable bonds is 0. The Kier molecular flexibility index (Phi) is 1.45. The maximum absolute atomic E-state index is 9.99. The first-order valence-corrected chi connectivity index (χ1v) is 3.14. The molecule has 1 rings (SSSR count). The van der Waals surface area contributed by atoms with Crippen molar-refractivity contribution in [1.29, 1.82) is 0 Å². The largest absolute Gasteiger partial charge is 0.328 e. The molecule has 0 aromatic carbocycles. The van der Waals surface area contributed by atoms with Crippen molar-refractivity contribution in [3.63, 3.8) is 0 Å². The van der Waals surface area contributed by atoms with Gasteiger partial charge in [0.15, 0.2) is 5.05 Å². The van der Waals surface area contributed by atoms with E-state index in [9.17, 15) is 8.42 Å². The number of hydrogen-bond donors (Lipinski definition) is 0. The summed E-state index contributed by atoms with van der Waals surface area (Å²) in [5, 5.41) is 0.0324. The van der Waals surface area contributed by atoms with Gasteiger partial charge in [-0.3, -0.25) is 0 Å². The van der Waals surface area contributed by atoms with Crippen LogP contribution in [-0.4, -0.2) is 20.1 Å². The van der Waals surface area contributed by atoms with Gasteiger partial charge in [-0.15, -0.1) is 0 Å². The molecule has 0 unspecified atom stereocenters. The lowest BCUT2D eigenvalue weighted by atomic mass is 10.6. The highest BCUT2D eigenvalue weighted by Gasteiger charge is 2.00. The maximum atomic E-state index is 9.99. The normalized spacial score (nSPS) is 17.2. The Morgan fingerprint density at radius 1 is 1.62 bits per heavy atom. The van der Waals surface area contributed by atoms with Gasteiger partial charge in [0.2, 0.25) is 10.3 Å². The second-order valence-corrected chi connectivity index (χ2v) is 2.14. The SMILES string of the molecule is O=S(=O)=C1C=CCO1. The molecule has 0 N–H and O–H groups in total. The highest BCUT2D eigenvalue weighted by molar-refractivity contribution is 7.73. The van der Waals surface area contributed by atoms with Gasteiger partial charge in [-0.1, -0.05) is 6.08 Å². The topological polar surface area (TPSA) is 43.4 Å². The van der Waals surface area contributed by atoms with E-state index in [4.69, 9.17) is 0 Å². The van der Waals surface area contributed by atoms with Crippen LogP contribution in [0.1, 0.15) is 0 Å². The van der Waals surface area contributed by atoms with Crippen molar-refractivity contribution in [3.05, 3.63) is 12.2 Å². The zero-order valence-electron chi connectivity index (χ0n) is 3.99. The Labute approximate surface area is 48.1 Å². The molecule has 0 bridgehead atoms. The molecule has 0 aromatic heterocycles. The Bertz CT molecular complexity index is 226. The van der Waals surface area contributed by atoms with E-state index in [1.165, 1.54) is 6.08 Å². The standard InChI is InChI=1S/C4H4O3S/c5-8(6)4-2-1-3-7-4/h1-2H,3H2. The first-order valence-electron chi connectivity index (χ1n) is 2.06. The second-order valence-electron chi connectivity index (χ2n) is 1.27. The average molecular weight is 132 g/mol. The van der Waals surface area contributed by atoms with E-state index >= 15 is 0 Å². The lowest BCUT2D eigenvalue weighted by Crippen LogP contribution is -1.93. The van der Waals surface area contributed by atoms with E-state index in [-0.39, 0.29) is 5.05 Å². The van der Waals surface area contributed by atoms with Crippen LogP contribution < -0.4 is 0 Å². The summed E-state index contributed by atoms with van der Waals surface area (Å²) in [6.45, 7) is 0.378. The third-order valence-electron chi connectivity index (χ3n) is 0.740. The Hall–Kier alpha value is -0.610. The Balaban J connectivity index is 3.07. The molecule has 8 heavy (non-hydrogen) atoms. The molecule has 4 heteroatoms. The van der Waals surface area contributed by atoms with Gasteiger partial charge in [0, 0.05) is 0 Å². The minimum atomic E-state index is -2.18. The van der Waals surface area contributed by atoms with Crippen LogP contribution in [0, 0.1) is 0 Å². The molecule has 3 nitrogen and oxygen atoms in total. The summed E-state index contributed by atoms with van der Waals surface area (Å²) in [6.07, 6.45) is 3.08. The van der Waals surface area contributed by atoms with E-state index in [1.807, 2.05) is 0 Å². The van der Waals surface area contributed by atoms with Crippen LogP contribution in [0.5, 0.6) is 0 Å². The molecule has 44 valence electrons. The zero-order chi connectivity index (χ0) is 5.98. The monoisotopic (exact) mass is 132 g/mol. The number of hydrogen-bond acceptors (Lipinski definition) is 3. The summed E-state index contributed by atoms with van der Waals surface area (Å²) < 4.78 is 24.6. The minimum Gasteiger partial charge on any atom is -0.328 e. The molecule has 0 aliphatic carbocycles. The van der Waals surface area contributed by atoms with Crippen molar-refractivity contribution >= 4 is 15.3 Å². The van der Waals surface area contributed by atoms with Crippen molar-refractivity contribution in [2.75, 3.05) is 6.61 Å². The van der Waals surface area contributed by atoms with Crippen LogP contribution in [0.2, 0.25) is 0 Å². The van der Waals surface area contributed by atoms with E-state index in [0.717, 1.165) is 0 Å². The van der Waals surface area contributed by atoms with Gasteiger partial charge in [0.1, 0.15) is 0 Å². The first kappa shape index (κ1) is 5.53. The fraction of sp³-hybridized carbons (Fsp3) is 0.250. The number of ether oxygens (including phenoxy) is 1. The third-order valence-corrected chi connectivity index (χ3v) is 1.32. The molecule has 0 spiro atoms. The van der Waals surface area contributed by atoms with E-state index in [0.29, 0.717) is 6.61 Å². The van der Waals surface area contributed by atoms with Gasteiger partial charge in [0.25, 0.3) is 0 Å². The summed E-state index contributed by atoms with van der Waals surface area (Å²) in [5.74, 6) is 0. The predicted molar refractivity (Wildman–Crippen MR) is 29.0 cm³/mol. The van der Waals surface area contributed by atoms with E-state index in [1.54, 1.807) is 6.08 Å². The molecule has 1 aliphatic rings. The molecule has 0 atom stereocenters. The third kappa shape index (κ3) is 0.962. The van der Waals surface area contributed by atoms with Crippen molar-refractivity contribution in [2.24, 2.45) is 0 Å². The van der Waals surface area contributed by atoms with Crippen molar-refractivity contribution in [1.82, 2.24) is 0 Å². The van der Waals surface area contributed by atoms with Crippen molar-refractivity contribution < 1.29 is 13.2 Å². The van der Waals surface area contributed by atoms with Crippen molar-refractivity contribution in [3.8, 4) is 0 Å². The van der Waals surface area contributed by atoms with Gasteiger partial charge in [-0.05, 0) is 6.08 Å². The molecule has 1 heterocycles. The van der Waals surface area contributed by atoms with E-state index < -0.39 is 10.3 Å². The average Bonchev–Trinajstić information content (AvgIpc) is 2.12. The van der Waals surface area contributed by atoms with Crippen LogP contribution in [0.15, 0.2) is 12.2 Å². The smallest absolute Gasteiger partial charge is 0.245 e. The summed E-state index contributed by atoms with van der Waals surface area (Å²) in [4.78, 5) is 0. The van der Waals surface area contributed by atoms with Gasteiger partial charge < -0.3 is 4.74 Å². The second kappa shape index (κ2) is 2.11. The quantitative estimate of drug-likeness (QED) is 0.420. The zero-order valence-corrected chi connectivity index (χ0v) is 4.81. The van der Waals surface area contributed by atoms with Gasteiger partial charge >= 0.3 is 0 Å². The highest BCUT2D eigenvalue weighted by atomic mass is 32.2. The molecule has 0 saturated carbocycles. The Morgan fingerprint density at radius 3 is 2.62 bits per heavy atom. The van der Waals surface area contributed by atoms with Gasteiger partial charge in [-0.2, -0.15) is 8.42 Å². The van der Waals surface area contributed by atoms with Gasteiger partial charge in [-0.25, -0.2) is 0 Å². The molecule has 0 fully saturated rings. The summed E-state index contributed by atoms with van der Waals surface area (Å²) in [6, 6.07) is 0. The fourth-order valence-electron chi connectivity index (χ4n) is 0.426. The van der Waals surface area contributed by atoms with Crippen molar-refractivity contribution in [2.45, 2.75) is 0 Å². The van der Waals surface area contributed by atoms with E-state index in [2.05, 4.69) is 4.74 Å². The summed E-state index contributed by atoms with van der Waals surface area (Å²) in [5.41, 5.74) is 0. The molecular formula is C4H4O3S. The minimum absolute atomic E-state index is 0.0324. The van der Waals surface area contributed by atoms with Crippen LogP contribution in [0.4, 0.5) is 0 Å². The summed E-state index contributed by atoms with van der Waals surface area (Å²) in [7, 11) is -2.18. The van der Waals surface area contributed by atoms with Crippen LogP contribution in [0.3, 0.4) is 0 Å². The molecule has 0 radical (unpaired) electrons. The molecular weight excluding hydrogens is 128 g/mol. The maximum Gasteiger partial charge on any atom is 0.245 e. The predicted octanol–water partition coefficient (Wildman–Crippen LogP) is -0.418.